The molecule has 128 valence electrons. The molecule has 2 aliphatic carbocycles. The van der Waals surface area contributed by atoms with Gasteiger partial charge >= 0.3 is 0 Å². The predicted octanol–water partition coefficient (Wildman–Crippen LogP) is 1.08. The molecule has 2 saturated heterocycles. The summed E-state index contributed by atoms with van der Waals surface area (Å²) >= 11 is 0. The summed E-state index contributed by atoms with van der Waals surface area (Å²) in [6.45, 7) is 3.66. The van der Waals surface area contributed by atoms with Crippen molar-refractivity contribution in [3.05, 3.63) is 0 Å². The quantitative estimate of drug-likeness (QED) is 0.846. The van der Waals surface area contributed by atoms with Gasteiger partial charge in [0.1, 0.15) is 0 Å². The van der Waals surface area contributed by atoms with Crippen molar-refractivity contribution in [2.24, 2.45) is 5.92 Å². The van der Waals surface area contributed by atoms with Crippen LogP contribution in [-0.4, -0.2) is 65.5 Å². The lowest BCUT2D eigenvalue weighted by molar-refractivity contribution is -0.140. The van der Waals surface area contributed by atoms with Crippen LogP contribution in [-0.2, 0) is 9.59 Å². The van der Waals surface area contributed by atoms with E-state index in [9.17, 15) is 14.0 Å². The zero-order valence-corrected chi connectivity index (χ0v) is 13.7. The molecular weight excluding hydrogens is 297 g/mol. The second-order valence-electron chi connectivity index (χ2n) is 8.05. The van der Waals surface area contributed by atoms with Crippen molar-refractivity contribution in [3.63, 3.8) is 0 Å². The summed E-state index contributed by atoms with van der Waals surface area (Å²) in [4.78, 5) is 28.5. The summed E-state index contributed by atoms with van der Waals surface area (Å²) in [5.41, 5.74) is -2.01. The van der Waals surface area contributed by atoms with E-state index in [1.165, 1.54) is 12.8 Å². The zero-order chi connectivity index (χ0) is 16.1. The van der Waals surface area contributed by atoms with E-state index in [0.717, 1.165) is 38.4 Å². The molecule has 23 heavy (non-hydrogen) atoms. The number of carbonyl (C=O) groups is 2. The first-order valence-corrected chi connectivity index (χ1v) is 9.00. The summed E-state index contributed by atoms with van der Waals surface area (Å²) in [5.74, 6) is 0.479. The lowest BCUT2D eigenvalue weighted by Gasteiger charge is -2.41. The number of halogens is 1. The molecule has 4 aliphatic rings. The molecule has 0 bridgehead atoms. The van der Waals surface area contributed by atoms with E-state index in [-0.39, 0.29) is 17.4 Å². The molecule has 1 atom stereocenters. The maximum absolute atomic E-state index is 14.3. The van der Waals surface area contributed by atoms with E-state index in [1.54, 1.807) is 4.90 Å². The van der Waals surface area contributed by atoms with Crippen LogP contribution in [0.2, 0.25) is 0 Å². The van der Waals surface area contributed by atoms with Gasteiger partial charge in [0.25, 0.3) is 5.91 Å². The second-order valence-corrected chi connectivity index (χ2v) is 8.05. The van der Waals surface area contributed by atoms with Crippen LogP contribution in [0.3, 0.4) is 0 Å². The maximum Gasteiger partial charge on any atom is 0.260 e. The van der Waals surface area contributed by atoms with Gasteiger partial charge < -0.3 is 10.2 Å². The Morgan fingerprint density at radius 2 is 2.00 bits per heavy atom. The summed E-state index contributed by atoms with van der Waals surface area (Å²) in [7, 11) is 0. The molecule has 0 aromatic heterocycles. The normalized spacial score (nSPS) is 34.1. The molecule has 2 aliphatic heterocycles. The third kappa shape index (κ3) is 3.23. The smallest absolute Gasteiger partial charge is 0.260 e. The Kier molecular flexibility index (Phi) is 3.63. The molecule has 0 radical (unpaired) electrons. The molecule has 4 fully saturated rings. The Hall–Kier alpha value is -1.17. The van der Waals surface area contributed by atoms with Crippen molar-refractivity contribution in [3.8, 4) is 0 Å². The van der Waals surface area contributed by atoms with Gasteiger partial charge in [-0.15, -0.1) is 0 Å². The predicted molar refractivity (Wildman–Crippen MR) is 83.5 cm³/mol. The summed E-state index contributed by atoms with van der Waals surface area (Å²) in [5, 5.41) is 3.16. The van der Waals surface area contributed by atoms with Gasteiger partial charge in [0.05, 0.1) is 5.54 Å². The fraction of sp³-hybridized carbons (Fsp3) is 0.882. The van der Waals surface area contributed by atoms with E-state index >= 15 is 0 Å². The Balaban J connectivity index is 1.53. The van der Waals surface area contributed by atoms with Crippen molar-refractivity contribution in [1.29, 1.82) is 0 Å². The van der Waals surface area contributed by atoms with Gasteiger partial charge in [-0.25, -0.2) is 4.39 Å². The molecule has 2 amide bonds. The highest BCUT2D eigenvalue weighted by Gasteiger charge is 2.54. The van der Waals surface area contributed by atoms with Crippen molar-refractivity contribution in [1.82, 2.24) is 15.1 Å². The minimum absolute atomic E-state index is 0.0679. The molecule has 1 unspecified atom stereocenters. The molecule has 0 aromatic rings. The van der Waals surface area contributed by atoms with Crippen LogP contribution in [0.4, 0.5) is 4.39 Å². The highest BCUT2D eigenvalue weighted by molar-refractivity contribution is 5.88. The molecular formula is C17H26FN3O2. The number of hydrogen-bond acceptors (Lipinski definition) is 3. The first-order valence-electron chi connectivity index (χ1n) is 9.00. The number of piperidine rings is 1. The van der Waals surface area contributed by atoms with Crippen LogP contribution in [0.5, 0.6) is 0 Å². The lowest BCUT2D eigenvalue weighted by atomic mass is 9.87. The van der Waals surface area contributed by atoms with Crippen LogP contribution in [0, 0.1) is 5.92 Å². The second kappa shape index (κ2) is 5.43. The average molecular weight is 323 g/mol. The maximum atomic E-state index is 14.3. The van der Waals surface area contributed by atoms with Gasteiger partial charge in [0.15, 0.2) is 5.67 Å². The molecule has 6 heteroatoms. The van der Waals surface area contributed by atoms with Crippen molar-refractivity contribution in [2.75, 3.05) is 32.7 Å². The SMILES string of the molecule is O=C1CCCC2(CN(CC3CC3)CCN(C(=O)C3(F)CC3)C2)N1. The number of hydrogen-bond donors (Lipinski definition) is 1. The first kappa shape index (κ1) is 15.4. The zero-order valence-electron chi connectivity index (χ0n) is 13.7. The fourth-order valence-electron chi connectivity index (χ4n) is 4.11. The van der Waals surface area contributed by atoms with Crippen LogP contribution < -0.4 is 5.32 Å². The van der Waals surface area contributed by atoms with Crippen LogP contribution in [0.1, 0.15) is 44.9 Å². The number of alkyl halides is 1. The highest BCUT2D eigenvalue weighted by Crippen LogP contribution is 2.42. The monoisotopic (exact) mass is 323 g/mol. The van der Waals surface area contributed by atoms with Gasteiger partial charge in [-0.3, -0.25) is 14.5 Å². The molecule has 4 rings (SSSR count). The van der Waals surface area contributed by atoms with Gasteiger partial charge in [0, 0.05) is 39.1 Å². The number of nitrogens with zero attached hydrogens (tertiary/aromatic N) is 2. The summed E-state index contributed by atoms with van der Waals surface area (Å²) in [6, 6.07) is 0. The largest absolute Gasteiger partial charge is 0.348 e. The van der Waals surface area contributed by atoms with E-state index in [1.807, 2.05) is 0 Å². The van der Waals surface area contributed by atoms with Gasteiger partial charge in [-0.05, 0) is 44.4 Å². The number of rotatable bonds is 3. The van der Waals surface area contributed by atoms with Crippen LogP contribution in [0.25, 0.3) is 0 Å². The van der Waals surface area contributed by atoms with E-state index in [4.69, 9.17) is 0 Å². The van der Waals surface area contributed by atoms with Crippen molar-refractivity contribution in [2.45, 2.75) is 56.2 Å². The molecule has 1 N–H and O–H groups in total. The van der Waals surface area contributed by atoms with Crippen LogP contribution >= 0.6 is 0 Å². The molecule has 5 nitrogen and oxygen atoms in total. The minimum atomic E-state index is -1.62. The Morgan fingerprint density at radius 3 is 2.65 bits per heavy atom. The number of carbonyl (C=O) groups excluding carboxylic acids is 2. The number of nitrogens with one attached hydrogen (secondary N) is 1. The average Bonchev–Trinajstić information content (AvgIpc) is 3.40. The highest BCUT2D eigenvalue weighted by atomic mass is 19.1. The topological polar surface area (TPSA) is 52.7 Å². The van der Waals surface area contributed by atoms with Crippen molar-refractivity contribution < 1.29 is 14.0 Å². The van der Waals surface area contributed by atoms with Gasteiger partial charge in [-0.1, -0.05) is 0 Å². The fourth-order valence-corrected chi connectivity index (χ4v) is 4.11. The lowest BCUT2D eigenvalue weighted by Crippen LogP contribution is -2.62. The first-order chi connectivity index (χ1) is 11.0. The minimum Gasteiger partial charge on any atom is -0.348 e. The molecule has 2 saturated carbocycles. The van der Waals surface area contributed by atoms with E-state index in [2.05, 4.69) is 10.2 Å². The Bertz CT molecular complexity index is 518. The van der Waals surface area contributed by atoms with E-state index in [0.29, 0.717) is 32.4 Å². The Labute approximate surface area is 136 Å². The molecule has 0 aromatic carbocycles. The third-order valence-electron chi connectivity index (χ3n) is 5.74. The van der Waals surface area contributed by atoms with E-state index < -0.39 is 5.67 Å². The van der Waals surface area contributed by atoms with Crippen LogP contribution in [0.15, 0.2) is 0 Å². The third-order valence-corrected chi connectivity index (χ3v) is 5.74. The van der Waals surface area contributed by atoms with Crippen molar-refractivity contribution >= 4 is 11.8 Å². The summed E-state index contributed by atoms with van der Waals surface area (Å²) in [6.07, 6.45) is 5.57. The summed E-state index contributed by atoms with van der Waals surface area (Å²) < 4.78 is 14.3. The standard InChI is InChI=1S/C17H26FN3O2/c18-17(6-7-17)15(23)21-9-8-20(10-13-3-4-13)11-16(12-21)5-1-2-14(22)19-16/h13H,1-12H2,(H,19,22). The Morgan fingerprint density at radius 1 is 1.22 bits per heavy atom. The molecule has 1 spiro atoms. The molecule has 2 heterocycles. The van der Waals surface area contributed by atoms with Gasteiger partial charge in [-0.2, -0.15) is 0 Å². The number of amides is 2. The van der Waals surface area contributed by atoms with Gasteiger partial charge in [0.2, 0.25) is 5.91 Å².